The summed E-state index contributed by atoms with van der Waals surface area (Å²) >= 11 is 1.26. The Morgan fingerprint density at radius 1 is 1.26 bits per heavy atom. The first kappa shape index (κ1) is 18.7. The molecule has 0 radical (unpaired) electrons. The molecule has 0 saturated carbocycles. The van der Waals surface area contributed by atoms with Gasteiger partial charge in [-0.2, -0.15) is 0 Å². The number of fused-ring (bicyclic) bond motifs is 1. The summed E-state index contributed by atoms with van der Waals surface area (Å²) in [5.74, 6) is -0.634. The van der Waals surface area contributed by atoms with Crippen LogP contribution in [-0.2, 0) is 4.74 Å². The molecule has 7 nitrogen and oxygen atoms in total. The van der Waals surface area contributed by atoms with E-state index in [1.807, 2.05) is 0 Å². The Kier molecular flexibility index (Phi) is 5.90. The van der Waals surface area contributed by atoms with Crippen LogP contribution in [0.15, 0.2) is 47.3 Å². The predicted octanol–water partition coefficient (Wildman–Crippen LogP) is 2.26. The van der Waals surface area contributed by atoms with Crippen LogP contribution in [0, 0.1) is 0 Å². The van der Waals surface area contributed by atoms with E-state index in [1.54, 1.807) is 49.6 Å². The zero-order chi connectivity index (χ0) is 19.2. The number of aromatic nitrogens is 2. The van der Waals surface area contributed by atoms with E-state index in [9.17, 15) is 14.4 Å². The molecule has 2 heterocycles. The van der Waals surface area contributed by atoms with E-state index in [0.717, 1.165) is 4.88 Å². The van der Waals surface area contributed by atoms with Crippen molar-refractivity contribution in [3.8, 4) is 0 Å². The molecule has 0 aliphatic carbocycles. The molecule has 0 unspecified atom stereocenters. The molecule has 0 bridgehead atoms. The highest BCUT2D eigenvalue weighted by Crippen LogP contribution is 2.18. The van der Waals surface area contributed by atoms with Crippen molar-refractivity contribution in [2.75, 3.05) is 20.3 Å². The van der Waals surface area contributed by atoms with Crippen molar-refractivity contribution in [2.45, 2.75) is 0 Å². The van der Waals surface area contributed by atoms with E-state index in [4.69, 9.17) is 4.74 Å². The third-order valence-electron chi connectivity index (χ3n) is 3.69. The quantitative estimate of drug-likeness (QED) is 0.370. The zero-order valence-electron chi connectivity index (χ0n) is 14.5. The molecular formula is C19H17N3O4S. The van der Waals surface area contributed by atoms with Crippen LogP contribution in [0.4, 0.5) is 0 Å². The first-order chi connectivity index (χ1) is 13.1. The van der Waals surface area contributed by atoms with Crippen LogP contribution in [0.5, 0.6) is 0 Å². The summed E-state index contributed by atoms with van der Waals surface area (Å²) < 4.78 is 4.88. The van der Waals surface area contributed by atoms with Gasteiger partial charge in [0, 0.05) is 18.5 Å². The molecule has 0 saturated heterocycles. The molecule has 27 heavy (non-hydrogen) atoms. The number of thiophene rings is 1. The number of rotatable bonds is 7. The normalized spacial score (nSPS) is 11.1. The number of carbonyl (C=O) groups is 2. The van der Waals surface area contributed by atoms with E-state index in [2.05, 4.69) is 15.3 Å². The maximum Gasteiger partial charge on any atom is 0.261 e. The van der Waals surface area contributed by atoms with Gasteiger partial charge in [-0.05, 0) is 36.4 Å². The van der Waals surface area contributed by atoms with Crippen molar-refractivity contribution in [2.24, 2.45) is 0 Å². The summed E-state index contributed by atoms with van der Waals surface area (Å²) in [6.07, 6.45) is 2.92. The molecule has 0 atom stereocenters. The van der Waals surface area contributed by atoms with Gasteiger partial charge < -0.3 is 15.0 Å². The van der Waals surface area contributed by atoms with Gasteiger partial charge in [-0.3, -0.25) is 14.4 Å². The van der Waals surface area contributed by atoms with Crippen LogP contribution in [0.3, 0.4) is 0 Å². The highest BCUT2D eigenvalue weighted by atomic mass is 32.1. The SMILES string of the molecule is COCCNC(=O)c1ccc(C=CC(=O)c2nc3ccccc3c(=O)[nH]2)s1. The lowest BCUT2D eigenvalue weighted by Crippen LogP contribution is -2.26. The van der Waals surface area contributed by atoms with Gasteiger partial charge in [0.2, 0.25) is 5.78 Å². The number of nitrogens with zero attached hydrogens (tertiary/aromatic N) is 1. The molecule has 138 valence electrons. The molecule has 3 aromatic rings. The van der Waals surface area contributed by atoms with Crippen molar-refractivity contribution < 1.29 is 14.3 Å². The van der Waals surface area contributed by atoms with Crippen molar-refractivity contribution in [3.63, 3.8) is 0 Å². The first-order valence-electron chi connectivity index (χ1n) is 8.17. The van der Waals surface area contributed by atoms with Gasteiger partial charge in [-0.15, -0.1) is 11.3 Å². The highest BCUT2D eigenvalue weighted by molar-refractivity contribution is 7.14. The van der Waals surface area contributed by atoms with Crippen LogP contribution >= 0.6 is 11.3 Å². The average Bonchev–Trinajstić information content (AvgIpc) is 3.15. The molecule has 0 aliphatic rings. The molecule has 2 aromatic heterocycles. The van der Waals surface area contributed by atoms with Crippen molar-refractivity contribution >= 4 is 40.0 Å². The summed E-state index contributed by atoms with van der Waals surface area (Å²) in [5.41, 5.74) is 0.104. The number of benzene rings is 1. The Labute approximate surface area is 158 Å². The van der Waals surface area contributed by atoms with Crippen LogP contribution < -0.4 is 10.9 Å². The van der Waals surface area contributed by atoms with Crippen LogP contribution in [0.2, 0.25) is 0 Å². The molecule has 1 amide bonds. The van der Waals surface area contributed by atoms with E-state index in [-0.39, 0.29) is 17.3 Å². The number of ether oxygens (including phenoxy) is 1. The fourth-order valence-corrected chi connectivity index (χ4v) is 3.19. The summed E-state index contributed by atoms with van der Waals surface area (Å²) in [6.45, 7) is 0.868. The number of methoxy groups -OCH3 is 1. The van der Waals surface area contributed by atoms with Crippen molar-refractivity contribution in [3.05, 3.63) is 68.4 Å². The second-order valence-electron chi connectivity index (χ2n) is 5.58. The maximum absolute atomic E-state index is 12.3. The standard InChI is InChI=1S/C19H17N3O4S/c1-26-11-10-20-19(25)16-9-7-12(27-16)6-8-15(23)17-21-14-5-3-2-4-13(14)18(24)22-17/h2-9H,10-11H2,1H3,(H,20,25)(H,21,22,24). The number of para-hydroxylation sites is 1. The Bertz CT molecular complexity index is 1070. The van der Waals surface area contributed by atoms with E-state index >= 15 is 0 Å². The number of nitrogens with one attached hydrogen (secondary N) is 2. The molecule has 1 aromatic carbocycles. The molecule has 0 aliphatic heterocycles. The first-order valence-corrected chi connectivity index (χ1v) is 8.98. The van der Waals surface area contributed by atoms with E-state index < -0.39 is 5.78 Å². The van der Waals surface area contributed by atoms with Crippen LogP contribution in [0.1, 0.15) is 25.2 Å². The minimum atomic E-state index is -0.419. The molecule has 8 heteroatoms. The van der Waals surface area contributed by atoms with Gasteiger partial charge in [0.05, 0.1) is 22.4 Å². The second-order valence-corrected chi connectivity index (χ2v) is 6.70. The average molecular weight is 383 g/mol. The Balaban J connectivity index is 1.72. The number of amides is 1. The van der Waals surface area contributed by atoms with E-state index in [1.165, 1.54) is 17.4 Å². The monoisotopic (exact) mass is 383 g/mol. The third-order valence-corrected chi connectivity index (χ3v) is 4.74. The number of hydrogen-bond donors (Lipinski definition) is 2. The van der Waals surface area contributed by atoms with Gasteiger partial charge in [0.15, 0.2) is 5.82 Å². The smallest absolute Gasteiger partial charge is 0.261 e. The fraction of sp³-hybridized carbons (Fsp3) is 0.158. The molecule has 0 fully saturated rings. The summed E-state index contributed by atoms with van der Waals surface area (Å²) in [5, 5.41) is 3.16. The Hall–Kier alpha value is -3.10. The van der Waals surface area contributed by atoms with Gasteiger partial charge in [-0.1, -0.05) is 12.1 Å². The summed E-state index contributed by atoms with van der Waals surface area (Å²) in [6, 6.07) is 10.3. The minimum Gasteiger partial charge on any atom is -0.383 e. The number of allylic oxidation sites excluding steroid dienone is 1. The number of aromatic amines is 1. The molecule has 3 rings (SSSR count). The van der Waals surface area contributed by atoms with E-state index in [0.29, 0.717) is 28.9 Å². The van der Waals surface area contributed by atoms with Gasteiger partial charge >= 0.3 is 0 Å². The van der Waals surface area contributed by atoms with Gasteiger partial charge in [0.1, 0.15) is 0 Å². The molecule has 2 N–H and O–H groups in total. The number of ketones is 1. The molecular weight excluding hydrogens is 366 g/mol. The number of carbonyl (C=O) groups excluding carboxylic acids is 2. The summed E-state index contributed by atoms with van der Waals surface area (Å²) in [4.78, 5) is 44.3. The Morgan fingerprint density at radius 3 is 2.89 bits per heavy atom. The number of hydrogen-bond acceptors (Lipinski definition) is 6. The fourth-order valence-electron chi connectivity index (χ4n) is 2.36. The lowest BCUT2D eigenvalue weighted by Gasteiger charge is -2.01. The topological polar surface area (TPSA) is 101 Å². The third kappa shape index (κ3) is 4.55. The lowest BCUT2D eigenvalue weighted by atomic mass is 10.2. The molecule has 0 spiro atoms. The van der Waals surface area contributed by atoms with Gasteiger partial charge in [-0.25, -0.2) is 4.98 Å². The lowest BCUT2D eigenvalue weighted by molar-refractivity contribution is 0.0940. The minimum absolute atomic E-state index is 0.0240. The van der Waals surface area contributed by atoms with Crippen LogP contribution in [-0.4, -0.2) is 41.9 Å². The van der Waals surface area contributed by atoms with Crippen LogP contribution in [0.25, 0.3) is 17.0 Å². The summed E-state index contributed by atoms with van der Waals surface area (Å²) in [7, 11) is 1.56. The highest BCUT2D eigenvalue weighted by Gasteiger charge is 2.10. The number of H-pyrrole nitrogens is 1. The van der Waals surface area contributed by atoms with Crippen molar-refractivity contribution in [1.82, 2.24) is 15.3 Å². The van der Waals surface area contributed by atoms with Crippen molar-refractivity contribution in [1.29, 1.82) is 0 Å². The second kappa shape index (κ2) is 8.52. The zero-order valence-corrected chi connectivity index (χ0v) is 15.3. The predicted molar refractivity (Wildman–Crippen MR) is 104 cm³/mol. The maximum atomic E-state index is 12.3. The van der Waals surface area contributed by atoms with Gasteiger partial charge in [0.25, 0.3) is 11.5 Å². The Morgan fingerprint density at radius 2 is 2.07 bits per heavy atom. The largest absolute Gasteiger partial charge is 0.383 e.